The van der Waals surface area contributed by atoms with Crippen LogP contribution in [-0.4, -0.2) is 0 Å². The number of rotatable bonds is 2. The number of benzene rings is 1. The van der Waals surface area contributed by atoms with Crippen molar-refractivity contribution in [1.82, 2.24) is 0 Å². The van der Waals surface area contributed by atoms with Crippen molar-refractivity contribution in [2.75, 3.05) is 0 Å². The fourth-order valence-electron chi connectivity index (χ4n) is 3.85. The van der Waals surface area contributed by atoms with E-state index in [2.05, 4.69) is 110 Å². The van der Waals surface area contributed by atoms with Gasteiger partial charge < -0.3 is 0 Å². The van der Waals surface area contributed by atoms with Gasteiger partial charge in [-0.2, -0.15) is 0 Å². The first-order valence-corrected chi connectivity index (χ1v) is 11.0. The van der Waals surface area contributed by atoms with E-state index in [0.717, 1.165) is 4.48 Å². The molecule has 2 aliphatic rings. The van der Waals surface area contributed by atoms with Crippen LogP contribution in [0, 0.1) is 0 Å². The predicted molar refractivity (Wildman–Crippen MR) is 130 cm³/mol. The second-order valence-electron chi connectivity index (χ2n) is 8.01. The van der Waals surface area contributed by atoms with Crippen molar-refractivity contribution >= 4 is 22.0 Å². The molecule has 3 rings (SSSR count). The topological polar surface area (TPSA) is 0 Å². The largest absolute Gasteiger partial charge is 0.0877 e. The zero-order valence-electron chi connectivity index (χ0n) is 18.3. The molecule has 0 aromatic heterocycles. The summed E-state index contributed by atoms with van der Waals surface area (Å²) in [4.78, 5) is 0. The van der Waals surface area contributed by atoms with E-state index in [4.69, 9.17) is 0 Å². The monoisotopic (exact) mass is 436 g/mol. The number of halogens is 1. The van der Waals surface area contributed by atoms with Crippen LogP contribution in [0.3, 0.4) is 0 Å². The maximum absolute atomic E-state index is 3.72. The molecule has 148 valence electrons. The maximum Gasteiger partial charge on any atom is 0.0178 e. The van der Waals surface area contributed by atoms with Gasteiger partial charge in [-0.05, 0) is 46.9 Å². The van der Waals surface area contributed by atoms with Crippen molar-refractivity contribution < 1.29 is 0 Å². The second kappa shape index (κ2) is 9.09. The first-order chi connectivity index (χ1) is 13.3. The Kier molecular flexibility index (Phi) is 7.28. The first kappa shape index (κ1) is 22.4. The van der Waals surface area contributed by atoms with Crippen molar-refractivity contribution in [1.29, 1.82) is 0 Å². The highest BCUT2D eigenvalue weighted by Crippen LogP contribution is 2.47. The van der Waals surface area contributed by atoms with Gasteiger partial charge in [-0.3, -0.25) is 0 Å². The zero-order chi connectivity index (χ0) is 20.9. The third-order valence-electron chi connectivity index (χ3n) is 5.60. The summed E-state index contributed by atoms with van der Waals surface area (Å²) in [6, 6.07) is 6.77. The van der Waals surface area contributed by atoms with Crippen LogP contribution in [0.1, 0.15) is 65.2 Å². The van der Waals surface area contributed by atoms with Crippen LogP contribution in [0.5, 0.6) is 0 Å². The molecule has 0 fully saturated rings. The summed E-state index contributed by atoms with van der Waals surface area (Å²) in [6.07, 6.45) is 19.7. The lowest BCUT2D eigenvalue weighted by Gasteiger charge is -2.39. The highest BCUT2D eigenvalue weighted by molar-refractivity contribution is 9.11. The van der Waals surface area contributed by atoms with Gasteiger partial charge in [-0.15, -0.1) is 0 Å². The van der Waals surface area contributed by atoms with Crippen molar-refractivity contribution in [3.63, 3.8) is 0 Å². The minimum absolute atomic E-state index is 0.0578. The Balaban J connectivity index is 0.00000136. The van der Waals surface area contributed by atoms with E-state index in [9.17, 15) is 0 Å². The molecule has 28 heavy (non-hydrogen) atoms. The Labute approximate surface area is 180 Å². The van der Waals surface area contributed by atoms with Crippen LogP contribution in [0.25, 0.3) is 6.08 Å². The average molecular weight is 437 g/mol. The molecule has 0 atom stereocenters. The zero-order valence-corrected chi connectivity index (χ0v) is 19.9. The Morgan fingerprint density at radius 2 is 1.46 bits per heavy atom. The van der Waals surface area contributed by atoms with Gasteiger partial charge in [0.15, 0.2) is 0 Å². The van der Waals surface area contributed by atoms with Crippen molar-refractivity contribution in [2.24, 2.45) is 0 Å². The lowest BCUT2D eigenvalue weighted by molar-refractivity contribution is 0.592. The highest BCUT2D eigenvalue weighted by Gasteiger charge is 2.36. The Hall–Kier alpha value is -1.86. The molecular formula is C27H33Br. The molecule has 0 radical (unpaired) electrons. The quantitative estimate of drug-likeness (QED) is 0.407. The van der Waals surface area contributed by atoms with Crippen LogP contribution in [0.15, 0.2) is 82.4 Å². The van der Waals surface area contributed by atoms with Crippen LogP contribution < -0.4 is 0 Å². The molecule has 1 aromatic carbocycles. The number of allylic oxidation sites excluding steroid dienone is 11. The minimum atomic E-state index is -0.0740. The lowest BCUT2D eigenvalue weighted by atomic mass is 9.65. The third-order valence-corrected chi connectivity index (χ3v) is 6.09. The highest BCUT2D eigenvalue weighted by atomic mass is 79.9. The van der Waals surface area contributed by atoms with Crippen molar-refractivity contribution in [2.45, 2.75) is 59.3 Å². The van der Waals surface area contributed by atoms with Gasteiger partial charge in [-0.1, -0.05) is 118 Å². The Bertz CT molecular complexity index is 896. The molecule has 4 bridgehead atoms. The Morgan fingerprint density at radius 1 is 0.821 bits per heavy atom. The SMILES string of the molecule is C/C=C/C=C\C=C1/C=C2/C=C(Br)\C=C/c3c(cccc3C1(C)C)C2(C)C.CC. The summed E-state index contributed by atoms with van der Waals surface area (Å²) in [5, 5.41) is 0. The fraction of sp³-hybridized carbons (Fsp3) is 0.333. The molecule has 0 saturated carbocycles. The summed E-state index contributed by atoms with van der Waals surface area (Å²) in [7, 11) is 0. The van der Waals surface area contributed by atoms with Crippen LogP contribution in [0.2, 0.25) is 0 Å². The van der Waals surface area contributed by atoms with E-state index in [1.165, 1.54) is 27.8 Å². The van der Waals surface area contributed by atoms with Gasteiger partial charge in [0.05, 0.1) is 0 Å². The Morgan fingerprint density at radius 3 is 2.11 bits per heavy atom. The minimum Gasteiger partial charge on any atom is -0.0877 e. The molecule has 0 N–H and O–H groups in total. The molecule has 2 aliphatic carbocycles. The molecule has 1 heteroatoms. The van der Waals surface area contributed by atoms with Gasteiger partial charge in [-0.25, -0.2) is 0 Å². The molecule has 1 aromatic rings. The van der Waals surface area contributed by atoms with E-state index in [1.807, 2.05) is 26.8 Å². The number of hydrogen-bond donors (Lipinski definition) is 0. The van der Waals surface area contributed by atoms with Crippen molar-refractivity contribution in [3.8, 4) is 0 Å². The third kappa shape index (κ3) is 4.25. The molecule has 0 spiro atoms. The van der Waals surface area contributed by atoms with Crippen LogP contribution in [-0.2, 0) is 10.8 Å². The van der Waals surface area contributed by atoms with E-state index >= 15 is 0 Å². The van der Waals surface area contributed by atoms with Gasteiger partial charge in [0, 0.05) is 15.3 Å². The molecule has 0 aliphatic heterocycles. The van der Waals surface area contributed by atoms with Gasteiger partial charge in [0.2, 0.25) is 0 Å². The molecule has 0 saturated heterocycles. The first-order valence-electron chi connectivity index (χ1n) is 10.2. The summed E-state index contributed by atoms with van der Waals surface area (Å²) < 4.78 is 1.11. The standard InChI is InChI=1S/C25H27Br.C2H6/c1-6-7-8-9-11-18-16-19-17-20(26)14-15-21-22(24(18,2)3)12-10-13-23(21)25(19,4)5;1-2/h6-17H,1-5H3;1-2H3/b7-6+,9-8-,15-14-,18-11+,19-16-,20-17+;. The molecule has 0 unspecified atom stereocenters. The second-order valence-corrected chi connectivity index (χ2v) is 8.93. The van der Waals surface area contributed by atoms with E-state index in [1.54, 1.807) is 0 Å². The maximum atomic E-state index is 3.72. The van der Waals surface area contributed by atoms with Gasteiger partial charge in [0.25, 0.3) is 0 Å². The summed E-state index contributed by atoms with van der Waals surface area (Å²) >= 11 is 3.72. The molecule has 0 heterocycles. The summed E-state index contributed by atoms with van der Waals surface area (Å²) in [5.41, 5.74) is 6.64. The van der Waals surface area contributed by atoms with E-state index < -0.39 is 0 Å². The molecule has 0 nitrogen and oxygen atoms in total. The predicted octanol–water partition coefficient (Wildman–Crippen LogP) is 8.57. The van der Waals surface area contributed by atoms with Crippen LogP contribution in [0.4, 0.5) is 0 Å². The fourth-order valence-corrected chi connectivity index (χ4v) is 4.23. The smallest absolute Gasteiger partial charge is 0.0178 e. The molecule has 0 amide bonds. The van der Waals surface area contributed by atoms with E-state index in [0.29, 0.717) is 0 Å². The molecular weight excluding hydrogens is 404 g/mol. The number of hydrogen-bond acceptors (Lipinski definition) is 0. The van der Waals surface area contributed by atoms with Crippen LogP contribution >= 0.6 is 15.9 Å². The van der Waals surface area contributed by atoms with Gasteiger partial charge >= 0.3 is 0 Å². The van der Waals surface area contributed by atoms with Crippen molar-refractivity contribution in [3.05, 3.63) is 99.1 Å². The summed E-state index contributed by atoms with van der Waals surface area (Å²) in [6.45, 7) is 15.3. The lowest BCUT2D eigenvalue weighted by Crippen LogP contribution is -2.30. The summed E-state index contributed by atoms with van der Waals surface area (Å²) in [5.74, 6) is 0. The normalized spacial score (nSPS) is 25.6. The average Bonchev–Trinajstić information content (AvgIpc) is 2.67. The number of fused-ring (bicyclic) bond motifs is 1. The van der Waals surface area contributed by atoms with Gasteiger partial charge in [0.1, 0.15) is 0 Å². The van der Waals surface area contributed by atoms with E-state index in [-0.39, 0.29) is 10.8 Å².